The van der Waals surface area contributed by atoms with Gasteiger partial charge in [0, 0.05) is 42.7 Å². The lowest BCUT2D eigenvalue weighted by atomic mass is 9.82. The summed E-state index contributed by atoms with van der Waals surface area (Å²) in [5, 5.41) is 16.1. The van der Waals surface area contributed by atoms with Crippen LogP contribution < -0.4 is 0 Å². The van der Waals surface area contributed by atoms with Crippen LogP contribution in [-0.4, -0.2) is 45.9 Å². The van der Waals surface area contributed by atoms with Crippen molar-refractivity contribution in [3.8, 4) is 0 Å². The van der Waals surface area contributed by atoms with Gasteiger partial charge in [-0.25, -0.2) is 4.79 Å². The molecule has 7 heteroatoms. The SMILES string of the molecule is O=C(O)c1cc2c(s1)CCOC21CCN(Cc2cn[nH]c2)CC1. The Labute approximate surface area is 138 Å². The van der Waals surface area contributed by atoms with Gasteiger partial charge in [-0.1, -0.05) is 0 Å². The van der Waals surface area contributed by atoms with Crippen molar-refractivity contribution in [1.82, 2.24) is 15.1 Å². The van der Waals surface area contributed by atoms with Crippen LogP contribution in [0.4, 0.5) is 0 Å². The first-order chi connectivity index (χ1) is 11.2. The molecule has 1 fully saturated rings. The molecule has 1 saturated heterocycles. The predicted molar refractivity (Wildman–Crippen MR) is 85.7 cm³/mol. The van der Waals surface area contributed by atoms with Gasteiger partial charge in [0.05, 0.1) is 18.4 Å². The Kier molecular flexibility index (Phi) is 3.71. The van der Waals surface area contributed by atoms with Crippen molar-refractivity contribution in [3.63, 3.8) is 0 Å². The molecule has 0 aliphatic carbocycles. The van der Waals surface area contributed by atoms with Gasteiger partial charge in [-0.05, 0) is 24.5 Å². The van der Waals surface area contributed by atoms with Crippen molar-refractivity contribution in [2.24, 2.45) is 0 Å². The Bertz CT molecular complexity index is 702. The highest BCUT2D eigenvalue weighted by Crippen LogP contribution is 2.44. The van der Waals surface area contributed by atoms with Gasteiger partial charge >= 0.3 is 5.97 Å². The molecule has 0 amide bonds. The Balaban J connectivity index is 1.52. The molecule has 0 bridgehead atoms. The number of carboxylic acids is 1. The predicted octanol–water partition coefficient (Wildman–Crippen LogP) is 2.23. The quantitative estimate of drug-likeness (QED) is 0.900. The maximum Gasteiger partial charge on any atom is 0.345 e. The van der Waals surface area contributed by atoms with Crippen molar-refractivity contribution >= 4 is 17.3 Å². The third-order valence-corrected chi connectivity index (χ3v) is 6.03. The molecular weight excluding hydrogens is 314 g/mol. The summed E-state index contributed by atoms with van der Waals surface area (Å²) in [6.45, 7) is 3.48. The fourth-order valence-corrected chi connectivity index (χ4v) is 4.70. The zero-order chi connectivity index (χ0) is 15.9. The number of aromatic amines is 1. The van der Waals surface area contributed by atoms with E-state index in [4.69, 9.17) is 4.74 Å². The molecule has 0 unspecified atom stereocenters. The summed E-state index contributed by atoms with van der Waals surface area (Å²) in [5.74, 6) is -0.836. The molecule has 2 aromatic heterocycles. The first-order valence-corrected chi connectivity index (χ1v) is 8.68. The van der Waals surface area contributed by atoms with Gasteiger partial charge in [-0.15, -0.1) is 11.3 Å². The van der Waals surface area contributed by atoms with Crippen LogP contribution in [-0.2, 0) is 23.3 Å². The van der Waals surface area contributed by atoms with E-state index in [0.29, 0.717) is 11.5 Å². The lowest BCUT2D eigenvalue weighted by Crippen LogP contribution is -2.45. The highest BCUT2D eigenvalue weighted by atomic mass is 32.1. The van der Waals surface area contributed by atoms with Gasteiger partial charge in [0.2, 0.25) is 0 Å². The molecule has 0 aromatic carbocycles. The number of aromatic carboxylic acids is 1. The molecule has 4 rings (SSSR count). The summed E-state index contributed by atoms with van der Waals surface area (Å²) in [5.41, 5.74) is 2.02. The summed E-state index contributed by atoms with van der Waals surface area (Å²) in [7, 11) is 0. The largest absolute Gasteiger partial charge is 0.477 e. The molecule has 6 nitrogen and oxygen atoms in total. The highest BCUT2D eigenvalue weighted by molar-refractivity contribution is 7.14. The first-order valence-electron chi connectivity index (χ1n) is 7.87. The van der Waals surface area contributed by atoms with E-state index < -0.39 is 5.97 Å². The van der Waals surface area contributed by atoms with Gasteiger partial charge in [0.25, 0.3) is 0 Å². The standard InChI is InChI=1S/C16H19N3O3S/c20-15(21)14-7-12-13(23-14)1-6-22-16(12)2-4-19(5-3-16)10-11-8-17-18-9-11/h7-9H,1-6,10H2,(H,17,18)(H,20,21). The van der Waals surface area contributed by atoms with Crippen LogP contribution in [0.25, 0.3) is 0 Å². The van der Waals surface area contributed by atoms with Crippen molar-refractivity contribution in [3.05, 3.63) is 39.3 Å². The van der Waals surface area contributed by atoms with Crippen LogP contribution in [0.3, 0.4) is 0 Å². The first kappa shape index (κ1) is 14.9. The van der Waals surface area contributed by atoms with Gasteiger partial charge in [0.1, 0.15) is 4.88 Å². The summed E-state index contributed by atoms with van der Waals surface area (Å²) in [4.78, 5) is 15.3. The number of nitrogens with one attached hydrogen (secondary N) is 1. The smallest absolute Gasteiger partial charge is 0.345 e. The summed E-state index contributed by atoms with van der Waals surface area (Å²) < 4.78 is 6.18. The van der Waals surface area contributed by atoms with Crippen molar-refractivity contribution in [1.29, 1.82) is 0 Å². The second-order valence-corrected chi connectivity index (χ2v) is 7.36. The highest BCUT2D eigenvalue weighted by Gasteiger charge is 2.42. The molecule has 2 aliphatic heterocycles. The maximum absolute atomic E-state index is 11.3. The van der Waals surface area contributed by atoms with E-state index in [0.717, 1.165) is 44.5 Å². The number of ether oxygens (including phenoxy) is 1. The number of hydrogen-bond acceptors (Lipinski definition) is 5. The van der Waals surface area contributed by atoms with Crippen LogP contribution in [0.2, 0.25) is 0 Å². The number of fused-ring (bicyclic) bond motifs is 2. The second-order valence-electron chi connectivity index (χ2n) is 6.23. The Morgan fingerprint density at radius 3 is 3.00 bits per heavy atom. The third-order valence-electron chi connectivity index (χ3n) is 4.84. The van der Waals surface area contributed by atoms with E-state index in [-0.39, 0.29) is 5.60 Å². The number of hydrogen-bond donors (Lipinski definition) is 2. The summed E-state index contributed by atoms with van der Waals surface area (Å²) in [6, 6.07) is 1.84. The number of carboxylic acid groups (broad SMARTS) is 1. The lowest BCUT2D eigenvalue weighted by Gasteiger charge is -2.44. The van der Waals surface area contributed by atoms with Crippen molar-refractivity contribution < 1.29 is 14.6 Å². The molecule has 2 N–H and O–H groups in total. The minimum absolute atomic E-state index is 0.287. The van der Waals surface area contributed by atoms with Crippen molar-refractivity contribution in [2.75, 3.05) is 19.7 Å². The van der Waals surface area contributed by atoms with E-state index in [1.807, 2.05) is 18.5 Å². The molecule has 4 heterocycles. The zero-order valence-electron chi connectivity index (χ0n) is 12.7. The summed E-state index contributed by atoms with van der Waals surface area (Å²) in [6.07, 6.45) is 6.43. The number of aromatic nitrogens is 2. The molecule has 0 atom stereocenters. The fraction of sp³-hybridized carbons (Fsp3) is 0.500. The number of nitrogens with zero attached hydrogens (tertiary/aromatic N) is 2. The van der Waals surface area contributed by atoms with E-state index in [9.17, 15) is 9.90 Å². The summed E-state index contributed by atoms with van der Waals surface area (Å²) >= 11 is 1.41. The van der Waals surface area contributed by atoms with Gasteiger partial charge in [-0.2, -0.15) is 5.10 Å². The van der Waals surface area contributed by atoms with Crippen LogP contribution >= 0.6 is 11.3 Å². The van der Waals surface area contributed by atoms with Gasteiger partial charge in [-0.3, -0.25) is 10.00 Å². The van der Waals surface area contributed by atoms with E-state index in [1.54, 1.807) is 0 Å². The van der Waals surface area contributed by atoms with Gasteiger partial charge in [0.15, 0.2) is 0 Å². The Hall–Kier alpha value is -1.70. The van der Waals surface area contributed by atoms with Crippen molar-refractivity contribution in [2.45, 2.75) is 31.4 Å². The molecule has 1 spiro atoms. The second kappa shape index (κ2) is 5.74. The normalized spacial score (nSPS) is 20.5. The molecule has 2 aromatic rings. The topological polar surface area (TPSA) is 78.5 Å². The number of likely N-dealkylation sites (tertiary alicyclic amines) is 1. The number of carbonyl (C=O) groups is 1. The minimum atomic E-state index is -0.836. The average molecular weight is 333 g/mol. The van der Waals surface area contributed by atoms with E-state index in [1.165, 1.54) is 21.8 Å². The molecule has 0 radical (unpaired) electrons. The lowest BCUT2D eigenvalue weighted by molar-refractivity contribution is -0.0980. The zero-order valence-corrected chi connectivity index (χ0v) is 13.6. The molecule has 2 aliphatic rings. The third kappa shape index (κ3) is 2.69. The fourth-order valence-electron chi connectivity index (χ4n) is 3.63. The van der Waals surface area contributed by atoms with Crippen LogP contribution in [0.1, 0.15) is 38.5 Å². The van der Waals surface area contributed by atoms with Crippen LogP contribution in [0.5, 0.6) is 0 Å². The number of thiophene rings is 1. The number of H-pyrrole nitrogens is 1. The average Bonchev–Trinajstić information content (AvgIpc) is 3.20. The van der Waals surface area contributed by atoms with E-state index in [2.05, 4.69) is 15.1 Å². The minimum Gasteiger partial charge on any atom is -0.477 e. The Morgan fingerprint density at radius 2 is 2.30 bits per heavy atom. The van der Waals surface area contributed by atoms with Crippen LogP contribution in [0.15, 0.2) is 18.5 Å². The molecular formula is C16H19N3O3S. The molecule has 0 saturated carbocycles. The maximum atomic E-state index is 11.3. The Morgan fingerprint density at radius 1 is 1.48 bits per heavy atom. The monoisotopic (exact) mass is 333 g/mol. The van der Waals surface area contributed by atoms with Gasteiger partial charge < -0.3 is 9.84 Å². The molecule has 23 heavy (non-hydrogen) atoms. The number of rotatable bonds is 3. The number of piperidine rings is 1. The van der Waals surface area contributed by atoms with E-state index >= 15 is 0 Å². The van der Waals surface area contributed by atoms with Crippen LogP contribution in [0, 0.1) is 0 Å². The molecule has 122 valence electrons.